The van der Waals surface area contributed by atoms with E-state index in [-0.39, 0.29) is 42.5 Å². The van der Waals surface area contributed by atoms with Crippen molar-refractivity contribution in [2.45, 2.75) is 18.9 Å². The Hall–Kier alpha value is -2.68. The van der Waals surface area contributed by atoms with Crippen molar-refractivity contribution in [1.29, 1.82) is 0 Å². The van der Waals surface area contributed by atoms with Crippen molar-refractivity contribution in [3.8, 4) is 11.5 Å². The molecule has 0 atom stereocenters. The van der Waals surface area contributed by atoms with Crippen molar-refractivity contribution < 1.29 is 9.53 Å². The number of hydrogen-bond acceptors (Lipinski definition) is 6. The predicted octanol–water partition coefficient (Wildman–Crippen LogP) is 3.49. The van der Waals surface area contributed by atoms with Gasteiger partial charge in [0.05, 0.1) is 18.4 Å². The number of amides is 1. The highest BCUT2D eigenvalue weighted by atomic mass is 35.5. The molecule has 0 bridgehead atoms. The number of halogens is 2. The predicted molar refractivity (Wildman–Crippen MR) is 114 cm³/mol. The first-order chi connectivity index (χ1) is 13.3. The second kappa shape index (κ2) is 10.8. The van der Waals surface area contributed by atoms with E-state index in [0.29, 0.717) is 17.2 Å². The van der Waals surface area contributed by atoms with Gasteiger partial charge in [-0.25, -0.2) is 4.68 Å². The molecule has 1 aromatic carbocycles. The molecule has 1 aliphatic heterocycles. The molecule has 1 fully saturated rings. The maximum Gasteiger partial charge on any atom is 0.277 e. The Morgan fingerprint density at radius 1 is 1.14 bits per heavy atom. The van der Waals surface area contributed by atoms with Gasteiger partial charge in [0.15, 0.2) is 11.4 Å². The van der Waals surface area contributed by atoms with Gasteiger partial charge in [-0.1, -0.05) is 23.4 Å². The van der Waals surface area contributed by atoms with Crippen molar-refractivity contribution in [3.05, 3.63) is 60.7 Å². The fourth-order valence-electron chi connectivity index (χ4n) is 3.00. The second-order valence-electron chi connectivity index (χ2n) is 6.31. The molecule has 0 radical (unpaired) electrons. The number of para-hydroxylation sites is 1. The van der Waals surface area contributed by atoms with Gasteiger partial charge in [0.25, 0.3) is 5.91 Å². The highest BCUT2D eigenvalue weighted by Gasteiger charge is 2.19. The van der Waals surface area contributed by atoms with Gasteiger partial charge in [0, 0.05) is 12.3 Å². The topological polar surface area (TPSA) is 94.0 Å². The monoisotopic (exact) mass is 436 g/mol. The van der Waals surface area contributed by atoms with Crippen LogP contribution >= 0.6 is 24.8 Å². The summed E-state index contributed by atoms with van der Waals surface area (Å²) in [6, 6.07) is 11.3. The Morgan fingerprint density at radius 3 is 2.66 bits per heavy atom. The van der Waals surface area contributed by atoms with Crippen molar-refractivity contribution in [2.24, 2.45) is 0 Å². The molecular formula is C19H22Cl2N6O2. The van der Waals surface area contributed by atoms with Gasteiger partial charge in [-0.15, -0.1) is 29.9 Å². The Labute approximate surface area is 180 Å². The van der Waals surface area contributed by atoms with Crippen LogP contribution in [0.25, 0.3) is 0 Å². The molecule has 2 N–H and O–H groups in total. The summed E-state index contributed by atoms with van der Waals surface area (Å²) in [5, 5.41) is 14.3. The molecule has 1 aliphatic rings. The third-order valence-electron chi connectivity index (χ3n) is 4.43. The van der Waals surface area contributed by atoms with Crippen LogP contribution in [0.4, 0.5) is 5.69 Å². The third-order valence-corrected chi connectivity index (χ3v) is 4.43. The number of benzene rings is 1. The normalized spacial score (nSPS) is 13.7. The molecule has 29 heavy (non-hydrogen) atoms. The van der Waals surface area contributed by atoms with Crippen LogP contribution in [0.3, 0.4) is 0 Å². The maximum absolute atomic E-state index is 12.6. The zero-order chi connectivity index (χ0) is 18.5. The SMILES string of the molecule is Cl.Cl.O=C(Nc1cnccc1Oc1ccccc1)c1cn(C2CCNCC2)nn1. The molecule has 0 spiro atoms. The Kier molecular flexibility index (Phi) is 8.38. The molecule has 0 aliphatic carbocycles. The first-order valence-corrected chi connectivity index (χ1v) is 8.90. The average Bonchev–Trinajstić information content (AvgIpc) is 3.21. The molecule has 3 aromatic rings. The van der Waals surface area contributed by atoms with Gasteiger partial charge in [-0.3, -0.25) is 9.78 Å². The van der Waals surface area contributed by atoms with Gasteiger partial charge in [-0.05, 0) is 38.1 Å². The minimum absolute atomic E-state index is 0. The number of pyridine rings is 1. The third kappa shape index (κ3) is 5.66. The standard InChI is InChI=1S/C19H20N6O2.2ClH/c26-19(17-13-25(24-23-17)14-6-9-20-10-7-14)22-16-12-21-11-8-18(16)27-15-4-2-1-3-5-15;;/h1-5,8,11-14,20H,6-7,9-10H2,(H,22,26);2*1H. The van der Waals surface area contributed by atoms with Crippen LogP contribution in [0.2, 0.25) is 0 Å². The fraction of sp³-hybridized carbons (Fsp3) is 0.263. The van der Waals surface area contributed by atoms with E-state index in [0.717, 1.165) is 25.9 Å². The van der Waals surface area contributed by atoms with Crippen LogP contribution in [-0.4, -0.2) is 39.0 Å². The summed E-state index contributed by atoms with van der Waals surface area (Å²) in [5.41, 5.74) is 0.741. The largest absolute Gasteiger partial charge is 0.455 e. The molecule has 4 rings (SSSR count). The van der Waals surface area contributed by atoms with Crippen molar-refractivity contribution in [1.82, 2.24) is 25.3 Å². The van der Waals surface area contributed by atoms with Gasteiger partial charge in [0.1, 0.15) is 11.4 Å². The number of rotatable bonds is 5. The number of anilines is 1. The molecular weight excluding hydrogens is 415 g/mol. The summed E-state index contributed by atoms with van der Waals surface area (Å²) >= 11 is 0. The zero-order valence-electron chi connectivity index (χ0n) is 15.5. The highest BCUT2D eigenvalue weighted by molar-refractivity contribution is 6.03. The Balaban J connectivity index is 0.00000150. The summed E-state index contributed by atoms with van der Waals surface area (Å²) in [5.74, 6) is 0.840. The number of piperidine rings is 1. The van der Waals surface area contributed by atoms with E-state index in [1.807, 2.05) is 30.3 Å². The van der Waals surface area contributed by atoms with Gasteiger partial charge >= 0.3 is 0 Å². The summed E-state index contributed by atoms with van der Waals surface area (Å²) in [6.07, 6.45) is 6.80. The van der Waals surface area contributed by atoms with Crippen molar-refractivity contribution in [3.63, 3.8) is 0 Å². The number of carbonyl (C=O) groups is 1. The lowest BCUT2D eigenvalue weighted by atomic mass is 10.1. The van der Waals surface area contributed by atoms with Crippen LogP contribution in [-0.2, 0) is 0 Å². The van der Waals surface area contributed by atoms with Crippen LogP contribution < -0.4 is 15.4 Å². The van der Waals surface area contributed by atoms with E-state index >= 15 is 0 Å². The summed E-state index contributed by atoms with van der Waals surface area (Å²) in [4.78, 5) is 16.7. The van der Waals surface area contributed by atoms with E-state index in [4.69, 9.17) is 4.74 Å². The number of nitrogens with one attached hydrogen (secondary N) is 2. The molecule has 8 nitrogen and oxygen atoms in total. The lowest BCUT2D eigenvalue weighted by Gasteiger charge is -2.22. The van der Waals surface area contributed by atoms with Gasteiger partial charge in [-0.2, -0.15) is 0 Å². The molecule has 10 heteroatoms. The molecule has 1 saturated heterocycles. The molecule has 154 valence electrons. The molecule has 2 aromatic heterocycles. The minimum Gasteiger partial charge on any atom is -0.455 e. The maximum atomic E-state index is 12.6. The summed E-state index contributed by atoms with van der Waals surface area (Å²) in [7, 11) is 0. The van der Waals surface area contributed by atoms with Crippen LogP contribution in [0.1, 0.15) is 29.4 Å². The van der Waals surface area contributed by atoms with E-state index in [9.17, 15) is 4.79 Å². The van der Waals surface area contributed by atoms with E-state index in [1.54, 1.807) is 29.3 Å². The number of ether oxygens (including phenoxy) is 1. The Morgan fingerprint density at radius 2 is 1.90 bits per heavy atom. The van der Waals surface area contributed by atoms with Crippen LogP contribution in [0.5, 0.6) is 11.5 Å². The first-order valence-electron chi connectivity index (χ1n) is 8.90. The van der Waals surface area contributed by atoms with E-state index < -0.39 is 0 Å². The minimum atomic E-state index is -0.346. The second-order valence-corrected chi connectivity index (χ2v) is 6.31. The number of aromatic nitrogens is 4. The van der Waals surface area contributed by atoms with Crippen molar-refractivity contribution in [2.75, 3.05) is 18.4 Å². The quantitative estimate of drug-likeness (QED) is 0.635. The van der Waals surface area contributed by atoms with E-state index in [1.165, 1.54) is 0 Å². The van der Waals surface area contributed by atoms with Gasteiger partial charge in [0.2, 0.25) is 0 Å². The van der Waals surface area contributed by atoms with Crippen LogP contribution in [0, 0.1) is 0 Å². The highest BCUT2D eigenvalue weighted by Crippen LogP contribution is 2.28. The summed E-state index contributed by atoms with van der Waals surface area (Å²) < 4.78 is 7.62. The van der Waals surface area contributed by atoms with Crippen LogP contribution in [0.15, 0.2) is 55.0 Å². The van der Waals surface area contributed by atoms with E-state index in [2.05, 4.69) is 25.9 Å². The zero-order valence-corrected chi connectivity index (χ0v) is 17.2. The smallest absolute Gasteiger partial charge is 0.277 e. The number of hydrogen-bond donors (Lipinski definition) is 2. The summed E-state index contributed by atoms with van der Waals surface area (Å²) in [6.45, 7) is 1.89. The Bertz CT molecular complexity index is 916. The van der Waals surface area contributed by atoms with Gasteiger partial charge < -0.3 is 15.4 Å². The average molecular weight is 437 g/mol. The number of carbonyl (C=O) groups excluding carboxylic acids is 1. The first kappa shape index (κ1) is 22.6. The molecule has 0 saturated carbocycles. The molecule has 3 heterocycles. The molecule has 0 unspecified atom stereocenters. The molecule has 1 amide bonds. The number of nitrogens with zero attached hydrogens (tertiary/aromatic N) is 4. The fourth-order valence-corrected chi connectivity index (χ4v) is 3.00. The lowest BCUT2D eigenvalue weighted by molar-refractivity contribution is 0.102. The lowest BCUT2D eigenvalue weighted by Crippen LogP contribution is -2.29. The van der Waals surface area contributed by atoms with Crippen molar-refractivity contribution >= 4 is 36.4 Å².